The Morgan fingerprint density at radius 1 is 1.45 bits per heavy atom. The van der Waals surface area contributed by atoms with Gasteiger partial charge in [0.2, 0.25) is 10.0 Å². The second-order valence-corrected chi connectivity index (χ2v) is 5.72. The topological polar surface area (TPSA) is 37.4 Å². The zero-order valence-corrected chi connectivity index (χ0v) is 8.61. The van der Waals surface area contributed by atoms with Gasteiger partial charge in [0.05, 0.1) is 5.75 Å². The predicted molar refractivity (Wildman–Crippen MR) is 47.4 cm³/mol. The molecule has 5 heteroatoms. The minimum Gasteiger partial charge on any atom is -0.212 e. The van der Waals surface area contributed by atoms with E-state index >= 15 is 0 Å². The molecular weight excluding hydrogens is 186 g/mol. The molecule has 0 saturated heterocycles. The average Bonchev–Trinajstić information content (AvgIpc) is 1.84. The van der Waals surface area contributed by atoms with Gasteiger partial charge in [-0.05, 0) is 13.3 Å². The lowest BCUT2D eigenvalue weighted by Gasteiger charge is -2.11. The Bertz CT molecular complexity index is 199. The van der Waals surface area contributed by atoms with Crippen LogP contribution < -0.4 is 0 Å². The van der Waals surface area contributed by atoms with Crippen LogP contribution in [-0.2, 0) is 10.0 Å². The SMILES string of the molecule is CC(Cl)CCS(=O)(=O)N(C)C. The van der Waals surface area contributed by atoms with Crippen molar-refractivity contribution in [3.05, 3.63) is 0 Å². The molecule has 1 unspecified atom stereocenters. The second-order valence-electron chi connectivity index (χ2n) is 2.67. The highest BCUT2D eigenvalue weighted by Crippen LogP contribution is 2.04. The number of alkyl halides is 1. The summed E-state index contributed by atoms with van der Waals surface area (Å²) in [6.07, 6.45) is 0.502. The Kier molecular flexibility index (Phi) is 4.36. The van der Waals surface area contributed by atoms with Crippen LogP contribution in [0.15, 0.2) is 0 Å². The summed E-state index contributed by atoms with van der Waals surface area (Å²) in [5, 5.41) is -0.0790. The Labute approximate surface area is 73.4 Å². The molecule has 0 aromatic rings. The van der Waals surface area contributed by atoms with Gasteiger partial charge in [0.1, 0.15) is 0 Å². The second kappa shape index (κ2) is 4.28. The van der Waals surface area contributed by atoms with Crippen LogP contribution in [0.3, 0.4) is 0 Å². The zero-order valence-electron chi connectivity index (χ0n) is 7.04. The molecule has 68 valence electrons. The first-order valence-corrected chi connectivity index (χ1v) is 5.45. The number of rotatable bonds is 4. The van der Waals surface area contributed by atoms with Gasteiger partial charge in [0, 0.05) is 19.5 Å². The lowest BCUT2D eigenvalue weighted by atomic mass is 10.4. The van der Waals surface area contributed by atoms with Crippen LogP contribution in [-0.4, -0.2) is 37.9 Å². The lowest BCUT2D eigenvalue weighted by Crippen LogP contribution is -2.25. The number of halogens is 1. The first-order chi connectivity index (χ1) is 4.86. The highest BCUT2D eigenvalue weighted by molar-refractivity contribution is 7.89. The summed E-state index contributed by atoms with van der Waals surface area (Å²) in [5.74, 6) is 0.130. The fourth-order valence-electron chi connectivity index (χ4n) is 0.494. The van der Waals surface area contributed by atoms with Gasteiger partial charge in [-0.2, -0.15) is 0 Å². The molecule has 0 aromatic heterocycles. The van der Waals surface area contributed by atoms with Crippen molar-refractivity contribution in [2.45, 2.75) is 18.7 Å². The minimum absolute atomic E-state index is 0.0790. The molecule has 0 bridgehead atoms. The maximum atomic E-state index is 11.1. The third-order valence-corrected chi connectivity index (χ3v) is 3.41. The fourth-order valence-corrected chi connectivity index (χ4v) is 1.75. The van der Waals surface area contributed by atoms with Crippen LogP contribution in [0.25, 0.3) is 0 Å². The van der Waals surface area contributed by atoms with E-state index in [-0.39, 0.29) is 11.1 Å². The number of hydrogen-bond acceptors (Lipinski definition) is 2. The molecule has 0 N–H and O–H groups in total. The summed E-state index contributed by atoms with van der Waals surface area (Å²) < 4.78 is 23.4. The maximum Gasteiger partial charge on any atom is 0.213 e. The van der Waals surface area contributed by atoms with Crippen LogP contribution in [0.4, 0.5) is 0 Å². The average molecular weight is 200 g/mol. The van der Waals surface area contributed by atoms with E-state index < -0.39 is 10.0 Å². The molecule has 0 saturated carbocycles. The van der Waals surface area contributed by atoms with Gasteiger partial charge in [-0.15, -0.1) is 11.6 Å². The molecule has 11 heavy (non-hydrogen) atoms. The summed E-state index contributed by atoms with van der Waals surface area (Å²) in [7, 11) is -0.000265. The van der Waals surface area contributed by atoms with E-state index in [2.05, 4.69) is 0 Å². The Morgan fingerprint density at radius 2 is 1.91 bits per heavy atom. The summed E-state index contributed by atoms with van der Waals surface area (Å²) in [5.41, 5.74) is 0. The third-order valence-electron chi connectivity index (χ3n) is 1.33. The van der Waals surface area contributed by atoms with Crippen LogP contribution >= 0.6 is 11.6 Å². The van der Waals surface area contributed by atoms with E-state index in [0.29, 0.717) is 6.42 Å². The van der Waals surface area contributed by atoms with Crippen molar-refractivity contribution in [2.75, 3.05) is 19.8 Å². The van der Waals surface area contributed by atoms with Crippen LogP contribution in [0.5, 0.6) is 0 Å². The summed E-state index contributed by atoms with van der Waals surface area (Å²) in [6, 6.07) is 0. The molecule has 3 nitrogen and oxygen atoms in total. The highest BCUT2D eigenvalue weighted by Gasteiger charge is 2.13. The molecule has 0 aliphatic rings. The van der Waals surface area contributed by atoms with Crippen LogP contribution in [0.1, 0.15) is 13.3 Å². The van der Waals surface area contributed by atoms with E-state index in [4.69, 9.17) is 11.6 Å². The normalized spacial score (nSPS) is 15.4. The van der Waals surface area contributed by atoms with Crippen LogP contribution in [0, 0.1) is 0 Å². The van der Waals surface area contributed by atoms with Gasteiger partial charge in [-0.1, -0.05) is 0 Å². The Hall–Kier alpha value is 0.200. The van der Waals surface area contributed by atoms with E-state index in [1.807, 2.05) is 0 Å². The Morgan fingerprint density at radius 3 is 2.18 bits per heavy atom. The lowest BCUT2D eigenvalue weighted by molar-refractivity contribution is 0.518. The van der Waals surface area contributed by atoms with Gasteiger partial charge >= 0.3 is 0 Å². The molecule has 0 aliphatic carbocycles. The van der Waals surface area contributed by atoms with E-state index in [0.717, 1.165) is 0 Å². The van der Waals surface area contributed by atoms with E-state index in [1.54, 1.807) is 6.92 Å². The maximum absolute atomic E-state index is 11.1. The first kappa shape index (κ1) is 11.2. The van der Waals surface area contributed by atoms with Crippen molar-refractivity contribution in [3.8, 4) is 0 Å². The van der Waals surface area contributed by atoms with E-state index in [1.165, 1.54) is 18.4 Å². The summed E-state index contributed by atoms with van der Waals surface area (Å²) in [6.45, 7) is 1.78. The fraction of sp³-hybridized carbons (Fsp3) is 1.00. The van der Waals surface area contributed by atoms with Gasteiger partial charge in [0.15, 0.2) is 0 Å². The van der Waals surface area contributed by atoms with Gasteiger partial charge in [0.25, 0.3) is 0 Å². The molecule has 0 aromatic carbocycles. The summed E-state index contributed by atoms with van der Waals surface area (Å²) >= 11 is 5.61. The first-order valence-electron chi connectivity index (χ1n) is 3.40. The number of sulfonamides is 1. The third kappa shape index (κ3) is 4.61. The molecule has 0 aliphatic heterocycles. The van der Waals surface area contributed by atoms with Crippen molar-refractivity contribution in [1.82, 2.24) is 4.31 Å². The molecular formula is C6H14ClNO2S. The van der Waals surface area contributed by atoms with Gasteiger partial charge in [-0.3, -0.25) is 0 Å². The largest absolute Gasteiger partial charge is 0.213 e. The molecule has 0 heterocycles. The number of hydrogen-bond donors (Lipinski definition) is 0. The van der Waals surface area contributed by atoms with Crippen molar-refractivity contribution in [1.29, 1.82) is 0 Å². The van der Waals surface area contributed by atoms with Gasteiger partial charge < -0.3 is 0 Å². The summed E-state index contributed by atoms with van der Waals surface area (Å²) in [4.78, 5) is 0. The van der Waals surface area contributed by atoms with Crippen LogP contribution in [0.2, 0.25) is 0 Å². The monoisotopic (exact) mass is 199 g/mol. The molecule has 1 atom stereocenters. The Balaban J connectivity index is 3.95. The molecule has 0 rings (SSSR count). The zero-order chi connectivity index (χ0) is 9.07. The van der Waals surface area contributed by atoms with Crippen molar-refractivity contribution in [2.24, 2.45) is 0 Å². The predicted octanol–water partition coefficient (Wildman–Crippen LogP) is 0.895. The van der Waals surface area contributed by atoms with Gasteiger partial charge in [-0.25, -0.2) is 12.7 Å². The molecule has 0 fully saturated rings. The smallest absolute Gasteiger partial charge is 0.212 e. The quantitative estimate of drug-likeness (QED) is 0.631. The highest BCUT2D eigenvalue weighted by atomic mass is 35.5. The standard InChI is InChI=1S/C6H14ClNO2S/c1-6(7)4-5-11(9,10)8(2)3/h6H,4-5H2,1-3H3. The van der Waals surface area contributed by atoms with Crippen molar-refractivity contribution in [3.63, 3.8) is 0 Å². The van der Waals surface area contributed by atoms with E-state index in [9.17, 15) is 8.42 Å². The minimum atomic E-state index is -3.04. The molecule has 0 spiro atoms. The molecule has 0 radical (unpaired) electrons. The number of nitrogens with zero attached hydrogens (tertiary/aromatic N) is 1. The molecule has 0 amide bonds. The van der Waals surface area contributed by atoms with Crippen molar-refractivity contribution >= 4 is 21.6 Å². The van der Waals surface area contributed by atoms with Crippen molar-refractivity contribution < 1.29 is 8.42 Å².